The topological polar surface area (TPSA) is 101 Å². The van der Waals surface area contributed by atoms with Gasteiger partial charge >= 0.3 is 5.97 Å². The van der Waals surface area contributed by atoms with Crippen LogP contribution in [0.4, 0.5) is 11.4 Å². The van der Waals surface area contributed by atoms with Crippen LogP contribution in [0, 0.1) is 13.8 Å². The Hall–Kier alpha value is -3.50. The molecule has 0 aliphatic carbocycles. The second-order valence-corrected chi connectivity index (χ2v) is 9.86. The molecule has 1 aliphatic heterocycles. The fraction of sp³-hybridized carbons (Fsp3) is 0.192. The van der Waals surface area contributed by atoms with E-state index in [-0.39, 0.29) is 28.5 Å². The number of thioether (sulfide) groups is 1. The number of halogens is 1. The fourth-order valence-electron chi connectivity index (χ4n) is 3.56. The average Bonchev–Trinajstić information content (AvgIpc) is 3.07. The molecule has 2 aromatic carbocycles. The van der Waals surface area contributed by atoms with Crippen molar-refractivity contribution in [2.24, 2.45) is 0 Å². The maximum Gasteiger partial charge on any atom is 0.340 e. The van der Waals surface area contributed by atoms with Crippen LogP contribution in [0.1, 0.15) is 35.1 Å². The monoisotopic (exact) mass is 566 g/mol. The quantitative estimate of drug-likeness (QED) is 0.219. The van der Waals surface area contributed by atoms with Crippen LogP contribution in [0.3, 0.4) is 0 Å². The number of amides is 2. The summed E-state index contributed by atoms with van der Waals surface area (Å²) in [6.07, 6.45) is 0.648. The Balaban J connectivity index is 1.77. The summed E-state index contributed by atoms with van der Waals surface area (Å²) >= 11 is 4.40. The summed E-state index contributed by atoms with van der Waals surface area (Å²) in [5, 5.41) is 3.43. The highest BCUT2D eigenvalue weighted by Gasteiger charge is 2.42. The molecule has 0 saturated carbocycles. The predicted octanol–water partition coefficient (Wildman–Crippen LogP) is 5.41. The first kappa shape index (κ1) is 25.6. The summed E-state index contributed by atoms with van der Waals surface area (Å²) < 4.78 is 6.15. The van der Waals surface area contributed by atoms with Gasteiger partial charge in [0.05, 0.1) is 17.9 Å². The molecule has 0 atom stereocenters. The van der Waals surface area contributed by atoms with Crippen molar-refractivity contribution < 1.29 is 19.1 Å². The number of para-hydroxylation sites is 1. The van der Waals surface area contributed by atoms with Crippen LogP contribution >= 0.6 is 27.7 Å². The van der Waals surface area contributed by atoms with Crippen molar-refractivity contribution in [3.63, 3.8) is 0 Å². The number of hydrogen-bond donors (Lipinski definition) is 1. The van der Waals surface area contributed by atoms with Crippen LogP contribution in [0.15, 0.2) is 74.8 Å². The molecule has 2 heterocycles. The van der Waals surface area contributed by atoms with E-state index in [9.17, 15) is 14.4 Å². The SMILES string of the molecule is CCCOC(=O)c1ccccc1N1C(=O)C(Nc2ccc(Br)cc2)=C(Sc2nc(C)cc(C)n2)C1=O. The first-order valence-corrected chi connectivity index (χ1v) is 12.8. The second-order valence-electron chi connectivity index (χ2n) is 7.97. The maximum atomic E-state index is 13.7. The number of aromatic nitrogens is 2. The largest absolute Gasteiger partial charge is 0.462 e. The average molecular weight is 567 g/mol. The number of benzene rings is 2. The third kappa shape index (κ3) is 5.50. The highest BCUT2D eigenvalue weighted by molar-refractivity contribution is 9.10. The van der Waals surface area contributed by atoms with Gasteiger partial charge in [-0.15, -0.1) is 0 Å². The number of carbonyl (C=O) groups is 3. The molecule has 184 valence electrons. The smallest absolute Gasteiger partial charge is 0.340 e. The number of anilines is 2. The van der Waals surface area contributed by atoms with Gasteiger partial charge in [-0.25, -0.2) is 19.7 Å². The molecule has 0 bridgehead atoms. The summed E-state index contributed by atoms with van der Waals surface area (Å²) in [6, 6.07) is 15.4. The number of esters is 1. The number of imide groups is 1. The van der Waals surface area contributed by atoms with Crippen molar-refractivity contribution in [2.75, 3.05) is 16.8 Å². The van der Waals surface area contributed by atoms with Crippen molar-refractivity contribution in [3.8, 4) is 0 Å². The Morgan fingerprint density at radius 2 is 1.69 bits per heavy atom. The van der Waals surface area contributed by atoms with Gasteiger partial charge in [-0.2, -0.15) is 0 Å². The number of carbonyl (C=O) groups excluding carboxylic acids is 3. The van der Waals surface area contributed by atoms with E-state index in [0.29, 0.717) is 17.3 Å². The second kappa shape index (κ2) is 11.0. The standard InChI is InChI=1S/C26H23BrN4O4S/c1-4-13-35-25(34)19-7-5-6-8-20(19)31-23(32)21(30-18-11-9-17(27)10-12-18)22(24(31)33)36-26-28-15(2)14-16(3)29-26/h5-12,14,30H,4,13H2,1-3H3. The Morgan fingerprint density at radius 3 is 2.36 bits per heavy atom. The minimum atomic E-state index is -0.603. The Morgan fingerprint density at radius 1 is 1.03 bits per heavy atom. The van der Waals surface area contributed by atoms with E-state index in [0.717, 1.165) is 32.5 Å². The van der Waals surface area contributed by atoms with Gasteiger partial charge in [0.25, 0.3) is 11.8 Å². The first-order valence-electron chi connectivity index (χ1n) is 11.2. The Kier molecular flexibility index (Phi) is 7.85. The summed E-state index contributed by atoms with van der Waals surface area (Å²) in [6.45, 7) is 5.78. The lowest BCUT2D eigenvalue weighted by Crippen LogP contribution is -2.33. The minimum absolute atomic E-state index is 0.0758. The number of nitrogens with one attached hydrogen (secondary N) is 1. The summed E-state index contributed by atoms with van der Waals surface area (Å²) in [7, 11) is 0. The van der Waals surface area contributed by atoms with Gasteiger partial charge in [0.15, 0.2) is 5.16 Å². The van der Waals surface area contributed by atoms with Crippen LogP contribution in [0.25, 0.3) is 0 Å². The molecule has 3 aromatic rings. The van der Waals surface area contributed by atoms with Crippen molar-refractivity contribution in [1.82, 2.24) is 9.97 Å². The summed E-state index contributed by atoms with van der Waals surface area (Å²) in [4.78, 5) is 50.1. The molecule has 36 heavy (non-hydrogen) atoms. The van der Waals surface area contributed by atoms with Crippen molar-refractivity contribution in [3.05, 3.63) is 86.6 Å². The van der Waals surface area contributed by atoms with E-state index < -0.39 is 17.8 Å². The molecule has 0 saturated heterocycles. The van der Waals surface area contributed by atoms with Crippen molar-refractivity contribution in [2.45, 2.75) is 32.3 Å². The van der Waals surface area contributed by atoms with Crippen molar-refractivity contribution in [1.29, 1.82) is 0 Å². The van der Waals surface area contributed by atoms with Gasteiger partial charge in [0.1, 0.15) is 10.6 Å². The number of ether oxygens (including phenoxy) is 1. The highest BCUT2D eigenvalue weighted by Crippen LogP contribution is 2.38. The molecule has 0 unspecified atom stereocenters. The molecule has 1 aliphatic rings. The fourth-order valence-corrected chi connectivity index (χ4v) is 4.80. The summed E-state index contributed by atoms with van der Waals surface area (Å²) in [5.74, 6) is -1.78. The van der Waals surface area contributed by atoms with Gasteiger partial charge in [-0.1, -0.05) is 35.0 Å². The lowest BCUT2D eigenvalue weighted by molar-refractivity contribution is -0.120. The zero-order chi connectivity index (χ0) is 25.8. The molecule has 2 amide bonds. The number of rotatable bonds is 8. The molecule has 0 radical (unpaired) electrons. The Labute approximate surface area is 221 Å². The normalized spacial score (nSPS) is 13.4. The van der Waals surface area contributed by atoms with Crippen LogP contribution in [0.5, 0.6) is 0 Å². The highest BCUT2D eigenvalue weighted by atomic mass is 79.9. The maximum absolute atomic E-state index is 13.7. The molecule has 4 rings (SSSR count). The number of nitrogens with zero attached hydrogens (tertiary/aromatic N) is 3. The van der Waals surface area contributed by atoms with E-state index in [1.54, 1.807) is 30.3 Å². The van der Waals surface area contributed by atoms with Gasteiger partial charge < -0.3 is 10.1 Å². The van der Waals surface area contributed by atoms with Gasteiger partial charge in [0.2, 0.25) is 0 Å². The van der Waals surface area contributed by atoms with E-state index in [1.165, 1.54) is 6.07 Å². The summed E-state index contributed by atoms with van der Waals surface area (Å²) in [5.41, 5.74) is 2.46. The zero-order valence-corrected chi connectivity index (χ0v) is 22.3. The van der Waals surface area contributed by atoms with E-state index >= 15 is 0 Å². The molecular formula is C26H23BrN4O4S. The number of hydrogen-bond acceptors (Lipinski definition) is 8. The molecule has 0 fully saturated rings. The molecule has 8 nitrogen and oxygen atoms in total. The molecule has 0 spiro atoms. The van der Waals surface area contributed by atoms with Crippen LogP contribution in [0.2, 0.25) is 0 Å². The lowest BCUT2D eigenvalue weighted by Gasteiger charge is -2.18. The van der Waals surface area contributed by atoms with Gasteiger partial charge in [0, 0.05) is 21.5 Å². The molecule has 1 N–H and O–H groups in total. The van der Waals surface area contributed by atoms with Crippen molar-refractivity contribution >= 4 is 56.9 Å². The van der Waals surface area contributed by atoms with Crippen LogP contribution in [-0.4, -0.2) is 34.4 Å². The minimum Gasteiger partial charge on any atom is -0.462 e. The Bertz CT molecular complexity index is 1350. The van der Waals surface area contributed by atoms with Crippen LogP contribution < -0.4 is 10.2 Å². The van der Waals surface area contributed by atoms with E-state index in [2.05, 4.69) is 31.2 Å². The molecule has 10 heteroatoms. The van der Waals surface area contributed by atoms with Crippen LogP contribution in [-0.2, 0) is 14.3 Å². The number of aryl methyl sites for hydroxylation is 2. The van der Waals surface area contributed by atoms with Gasteiger partial charge in [-0.05, 0) is 74.5 Å². The molecular weight excluding hydrogens is 544 g/mol. The molecule has 1 aromatic heterocycles. The first-order chi connectivity index (χ1) is 17.3. The van der Waals surface area contributed by atoms with E-state index in [1.807, 2.05) is 39.0 Å². The zero-order valence-electron chi connectivity index (χ0n) is 19.9. The lowest BCUT2D eigenvalue weighted by atomic mass is 10.1. The third-order valence-corrected chi connectivity index (χ3v) is 6.59. The predicted molar refractivity (Wildman–Crippen MR) is 142 cm³/mol. The van der Waals surface area contributed by atoms with Gasteiger partial charge in [-0.3, -0.25) is 9.59 Å². The van der Waals surface area contributed by atoms with E-state index in [4.69, 9.17) is 4.74 Å². The third-order valence-electron chi connectivity index (χ3n) is 5.11.